The summed E-state index contributed by atoms with van der Waals surface area (Å²) in [6.07, 6.45) is 1.85. The van der Waals surface area contributed by atoms with E-state index >= 15 is 0 Å². The topological polar surface area (TPSA) is 108 Å². The largest absolute Gasteiger partial charge is 0.461 e. The second kappa shape index (κ2) is 10.1. The van der Waals surface area contributed by atoms with E-state index in [1.165, 1.54) is 13.8 Å². The number of carbonyl (C=O) groups excluding carboxylic acids is 4. The minimum Gasteiger partial charge on any atom is -0.461 e. The number of hydrogen-bond donors (Lipinski definition) is 0. The molecular formula is C32H40O8. The number of benzene rings is 1. The lowest BCUT2D eigenvalue weighted by atomic mass is 9.74. The first kappa shape index (κ1) is 28.5. The first-order chi connectivity index (χ1) is 18.8. The molecule has 2 saturated carbocycles. The summed E-state index contributed by atoms with van der Waals surface area (Å²) in [5, 5.41) is 0. The van der Waals surface area contributed by atoms with Gasteiger partial charge in [-0.15, -0.1) is 0 Å². The summed E-state index contributed by atoms with van der Waals surface area (Å²) >= 11 is 0. The third-order valence-electron chi connectivity index (χ3n) is 9.71. The zero-order valence-corrected chi connectivity index (χ0v) is 24.2. The van der Waals surface area contributed by atoms with Crippen LogP contribution in [0, 0.1) is 29.1 Å². The van der Waals surface area contributed by atoms with Crippen LogP contribution in [0.4, 0.5) is 0 Å². The fourth-order valence-corrected chi connectivity index (χ4v) is 7.55. The van der Waals surface area contributed by atoms with Crippen LogP contribution in [0.1, 0.15) is 66.4 Å². The first-order valence-corrected chi connectivity index (χ1v) is 14.3. The van der Waals surface area contributed by atoms with Gasteiger partial charge in [0.1, 0.15) is 17.8 Å². The molecule has 4 aliphatic rings. The Labute approximate surface area is 235 Å². The number of esters is 3. The Morgan fingerprint density at radius 2 is 1.73 bits per heavy atom. The quantitative estimate of drug-likeness (QED) is 0.301. The highest BCUT2D eigenvalue weighted by atomic mass is 16.6. The Kier molecular flexibility index (Phi) is 7.22. The normalized spacial score (nSPS) is 39.0. The highest BCUT2D eigenvalue weighted by Crippen LogP contribution is 2.64. The summed E-state index contributed by atoms with van der Waals surface area (Å²) in [5.41, 5.74) is -1.22. The van der Waals surface area contributed by atoms with E-state index in [-0.39, 0.29) is 35.9 Å². The predicted molar refractivity (Wildman–Crippen MR) is 145 cm³/mol. The van der Waals surface area contributed by atoms with Crippen molar-refractivity contribution in [1.82, 2.24) is 0 Å². The molecule has 1 heterocycles. The van der Waals surface area contributed by atoms with Gasteiger partial charge >= 0.3 is 17.9 Å². The van der Waals surface area contributed by atoms with Crippen molar-refractivity contribution in [1.29, 1.82) is 0 Å². The number of Topliss-reactive ketones (excluding diaryl/α,β-unsaturated/α-hetero) is 1. The standard InChI is InChI=1S/C32H40O8/c1-18-14-24-23(30(24,5)6)12-13-31(17-37-31)29(38-20(3)33)26-27(39-25(35)15-22-10-8-7-9-11-22)19(2)16-32(26,28(18)36)40-21(4)34/h7-11,14,19,23-24,26-27,29H,12-13,15-17H2,1-6H3/b18-14+/t19-,23-,24+,26+,27-,29-,31+,32+/m1/s1. The number of epoxide rings is 1. The zero-order valence-electron chi connectivity index (χ0n) is 24.2. The summed E-state index contributed by atoms with van der Waals surface area (Å²) in [6, 6.07) is 9.25. The van der Waals surface area contributed by atoms with Crippen molar-refractivity contribution in [3.63, 3.8) is 0 Å². The molecule has 3 aliphatic carbocycles. The SMILES string of the molecule is CC(=O)O[C@@H]1[C@@H]2[C@H](OC(=O)Cc3ccccc3)[C@H](C)C[C@@]2(OC(C)=O)C(=O)/C(C)=C/[C@H]2[C@@H](CC[C@]13CO3)C2(C)C. The molecule has 0 N–H and O–H groups in total. The average molecular weight is 553 g/mol. The van der Waals surface area contributed by atoms with Gasteiger partial charge in [-0.3, -0.25) is 19.2 Å². The van der Waals surface area contributed by atoms with Crippen molar-refractivity contribution in [3.05, 3.63) is 47.5 Å². The van der Waals surface area contributed by atoms with Gasteiger partial charge in [-0.2, -0.15) is 0 Å². The fraction of sp³-hybridized carbons (Fsp3) is 0.625. The molecule has 0 aromatic heterocycles. The highest BCUT2D eigenvalue weighted by Gasteiger charge is 2.71. The third kappa shape index (κ3) is 5.00. The fourth-order valence-electron chi connectivity index (χ4n) is 7.55. The minimum absolute atomic E-state index is 0.0141. The molecule has 8 heteroatoms. The lowest BCUT2D eigenvalue weighted by molar-refractivity contribution is -0.190. The number of fused-ring (bicyclic) bond motifs is 2. The number of hydrogen-bond acceptors (Lipinski definition) is 8. The van der Waals surface area contributed by atoms with E-state index in [1.54, 1.807) is 6.92 Å². The van der Waals surface area contributed by atoms with Gasteiger partial charge in [0.2, 0.25) is 5.78 Å². The second-order valence-corrected chi connectivity index (χ2v) is 12.9. The molecule has 216 valence electrons. The average Bonchev–Trinajstić information content (AvgIpc) is 3.73. The third-order valence-corrected chi connectivity index (χ3v) is 9.71. The van der Waals surface area contributed by atoms with Crippen LogP contribution in [0.3, 0.4) is 0 Å². The van der Waals surface area contributed by atoms with Crippen molar-refractivity contribution in [2.45, 2.75) is 90.6 Å². The lowest BCUT2D eigenvalue weighted by Crippen LogP contribution is -2.58. The summed E-state index contributed by atoms with van der Waals surface area (Å²) in [5.74, 6) is -2.72. The molecule has 0 unspecified atom stereocenters. The van der Waals surface area contributed by atoms with Crippen LogP contribution in [-0.2, 0) is 44.5 Å². The Morgan fingerprint density at radius 3 is 2.33 bits per heavy atom. The van der Waals surface area contributed by atoms with Crippen molar-refractivity contribution in [2.24, 2.45) is 29.1 Å². The molecule has 8 atom stereocenters. The minimum atomic E-state index is -1.68. The van der Waals surface area contributed by atoms with E-state index in [9.17, 15) is 19.2 Å². The van der Waals surface area contributed by atoms with Crippen LogP contribution in [0.25, 0.3) is 0 Å². The van der Waals surface area contributed by atoms with E-state index in [2.05, 4.69) is 13.8 Å². The molecule has 1 spiro atoms. The van der Waals surface area contributed by atoms with Crippen LogP contribution < -0.4 is 0 Å². The molecule has 8 nitrogen and oxygen atoms in total. The molecule has 1 aromatic rings. The second-order valence-electron chi connectivity index (χ2n) is 12.9. The number of ketones is 1. The molecule has 40 heavy (non-hydrogen) atoms. The Morgan fingerprint density at radius 1 is 1.05 bits per heavy atom. The maximum Gasteiger partial charge on any atom is 0.310 e. The summed E-state index contributed by atoms with van der Waals surface area (Å²) < 4.78 is 24.2. The molecule has 0 radical (unpaired) electrons. The molecule has 3 fully saturated rings. The number of rotatable bonds is 5. The van der Waals surface area contributed by atoms with Crippen molar-refractivity contribution < 1.29 is 38.1 Å². The summed E-state index contributed by atoms with van der Waals surface area (Å²) in [6.45, 7) is 11.0. The van der Waals surface area contributed by atoms with Gasteiger partial charge in [-0.1, -0.05) is 57.2 Å². The van der Waals surface area contributed by atoms with E-state index < -0.39 is 47.2 Å². The van der Waals surface area contributed by atoms with E-state index in [0.717, 1.165) is 12.0 Å². The number of allylic oxidation sites excluding steroid dienone is 1. The monoisotopic (exact) mass is 552 g/mol. The van der Waals surface area contributed by atoms with Crippen LogP contribution in [0.2, 0.25) is 0 Å². The van der Waals surface area contributed by atoms with Gasteiger partial charge < -0.3 is 18.9 Å². The highest BCUT2D eigenvalue weighted by molar-refractivity contribution is 6.03. The molecule has 5 rings (SSSR count). The van der Waals surface area contributed by atoms with Crippen molar-refractivity contribution in [2.75, 3.05) is 6.61 Å². The molecule has 1 aromatic carbocycles. The van der Waals surface area contributed by atoms with Gasteiger partial charge in [-0.25, -0.2) is 0 Å². The summed E-state index contributed by atoms with van der Waals surface area (Å²) in [7, 11) is 0. The first-order valence-electron chi connectivity index (χ1n) is 14.3. The van der Waals surface area contributed by atoms with Crippen LogP contribution >= 0.6 is 0 Å². The van der Waals surface area contributed by atoms with Gasteiger partial charge in [0, 0.05) is 20.3 Å². The molecular weight excluding hydrogens is 512 g/mol. The van der Waals surface area contributed by atoms with E-state index in [0.29, 0.717) is 24.5 Å². The van der Waals surface area contributed by atoms with Gasteiger partial charge in [0.15, 0.2) is 5.60 Å². The number of carbonyl (C=O) groups is 4. The molecule has 1 aliphatic heterocycles. The maximum atomic E-state index is 14.5. The number of ether oxygens (including phenoxy) is 4. The lowest BCUT2D eigenvalue weighted by Gasteiger charge is -2.41. The summed E-state index contributed by atoms with van der Waals surface area (Å²) in [4.78, 5) is 52.9. The Balaban J connectivity index is 1.61. The Bertz CT molecular complexity index is 1230. The van der Waals surface area contributed by atoms with Crippen molar-refractivity contribution in [3.8, 4) is 0 Å². The van der Waals surface area contributed by atoms with E-state index in [1.807, 2.05) is 43.3 Å². The molecule has 0 amide bonds. The Hall–Kier alpha value is -3.00. The van der Waals surface area contributed by atoms with Crippen LogP contribution in [0.15, 0.2) is 42.0 Å². The van der Waals surface area contributed by atoms with Crippen LogP contribution in [0.5, 0.6) is 0 Å². The van der Waals surface area contributed by atoms with Crippen molar-refractivity contribution >= 4 is 23.7 Å². The zero-order chi connectivity index (χ0) is 29.0. The van der Waals surface area contributed by atoms with Gasteiger partial charge in [-0.05, 0) is 54.1 Å². The predicted octanol–water partition coefficient (Wildman–Crippen LogP) is 4.38. The molecule has 0 bridgehead atoms. The van der Waals surface area contributed by atoms with Gasteiger partial charge in [0.25, 0.3) is 0 Å². The van der Waals surface area contributed by atoms with Crippen LogP contribution in [-0.4, -0.2) is 53.7 Å². The molecule has 1 saturated heterocycles. The smallest absolute Gasteiger partial charge is 0.310 e. The maximum absolute atomic E-state index is 14.5. The van der Waals surface area contributed by atoms with E-state index in [4.69, 9.17) is 18.9 Å². The van der Waals surface area contributed by atoms with Gasteiger partial charge in [0.05, 0.1) is 18.9 Å².